The predicted molar refractivity (Wildman–Crippen MR) is 97.4 cm³/mol. The number of nitrogens with zero attached hydrogens (tertiary/aromatic N) is 2. The molecule has 1 aliphatic heterocycles. The molecule has 1 aromatic rings. The largest absolute Gasteiger partial charge is 0.492 e. The molecule has 132 valence electrons. The van der Waals surface area contributed by atoms with Crippen molar-refractivity contribution in [3.8, 4) is 5.75 Å². The van der Waals surface area contributed by atoms with Crippen molar-refractivity contribution in [2.75, 3.05) is 11.5 Å². The van der Waals surface area contributed by atoms with E-state index in [1.807, 2.05) is 13.1 Å². The van der Waals surface area contributed by atoms with Gasteiger partial charge < -0.3 is 14.7 Å². The smallest absolute Gasteiger partial charge is 0.138 e. The summed E-state index contributed by atoms with van der Waals surface area (Å²) in [6, 6.07) is 2.45. The monoisotopic (exact) mass is 330 g/mol. The summed E-state index contributed by atoms with van der Waals surface area (Å²) in [7, 11) is 0. The number of allylic oxidation sites excluding steroid dienone is 1. The van der Waals surface area contributed by atoms with Crippen LogP contribution in [0.1, 0.15) is 58.4 Å². The summed E-state index contributed by atoms with van der Waals surface area (Å²) in [5.74, 6) is 2.51. The van der Waals surface area contributed by atoms with Crippen molar-refractivity contribution in [3.63, 3.8) is 0 Å². The van der Waals surface area contributed by atoms with Crippen molar-refractivity contribution < 1.29 is 9.84 Å². The summed E-state index contributed by atoms with van der Waals surface area (Å²) in [4.78, 5) is 6.93. The Labute approximate surface area is 145 Å². The summed E-state index contributed by atoms with van der Waals surface area (Å²) < 4.78 is 5.85. The van der Waals surface area contributed by atoms with Gasteiger partial charge in [0.2, 0.25) is 0 Å². The Morgan fingerprint density at radius 2 is 2.17 bits per heavy atom. The van der Waals surface area contributed by atoms with Crippen LogP contribution in [0.15, 0.2) is 24.5 Å². The highest BCUT2D eigenvalue weighted by atomic mass is 16.5. The number of anilines is 1. The number of aryl methyl sites for hydroxylation is 1. The number of aromatic nitrogens is 1. The molecule has 0 bridgehead atoms. The van der Waals surface area contributed by atoms with Gasteiger partial charge in [0.05, 0.1) is 18.4 Å². The standard InChI is InChI=1S/C20H30N2O2/c1-5-20(23)11-17(12-20)22-15(4)6-7-16-10-18(13-21-19(16)22)24-9-8-14(2)3/h10,13-14,17,23H,4-9,11-12H2,1-3H3/t17-,20+. The molecule has 4 heteroatoms. The van der Waals surface area contributed by atoms with Gasteiger partial charge in [-0.3, -0.25) is 0 Å². The Morgan fingerprint density at radius 1 is 1.42 bits per heavy atom. The highest BCUT2D eigenvalue weighted by Gasteiger charge is 2.45. The first-order valence-corrected chi connectivity index (χ1v) is 9.23. The van der Waals surface area contributed by atoms with Gasteiger partial charge in [-0.05, 0) is 56.1 Å². The molecule has 0 saturated heterocycles. The second-order valence-corrected chi connectivity index (χ2v) is 7.76. The first kappa shape index (κ1) is 17.3. The zero-order valence-electron chi connectivity index (χ0n) is 15.2. The van der Waals surface area contributed by atoms with E-state index in [2.05, 4.69) is 36.4 Å². The van der Waals surface area contributed by atoms with Crippen LogP contribution in [0.4, 0.5) is 5.82 Å². The Balaban J connectivity index is 1.72. The van der Waals surface area contributed by atoms with Crippen molar-refractivity contribution in [1.29, 1.82) is 0 Å². The number of aliphatic hydroxyl groups is 1. The number of hydrogen-bond acceptors (Lipinski definition) is 4. The molecule has 0 radical (unpaired) electrons. The van der Waals surface area contributed by atoms with Crippen molar-refractivity contribution >= 4 is 5.82 Å². The van der Waals surface area contributed by atoms with Gasteiger partial charge in [0.15, 0.2) is 0 Å². The van der Waals surface area contributed by atoms with Crippen molar-refractivity contribution in [1.82, 2.24) is 4.98 Å². The van der Waals surface area contributed by atoms with Crippen molar-refractivity contribution in [2.45, 2.75) is 70.9 Å². The van der Waals surface area contributed by atoms with Crippen LogP contribution in [0.3, 0.4) is 0 Å². The topological polar surface area (TPSA) is 45.6 Å². The van der Waals surface area contributed by atoms with Crippen LogP contribution in [0.2, 0.25) is 0 Å². The molecular weight excluding hydrogens is 300 g/mol. The third-order valence-corrected chi connectivity index (χ3v) is 5.39. The molecule has 1 aromatic heterocycles. The van der Waals surface area contributed by atoms with E-state index in [0.29, 0.717) is 12.0 Å². The molecule has 3 rings (SSSR count). The third-order valence-electron chi connectivity index (χ3n) is 5.39. The first-order valence-electron chi connectivity index (χ1n) is 9.23. The van der Waals surface area contributed by atoms with E-state index in [1.165, 1.54) is 5.56 Å². The van der Waals surface area contributed by atoms with E-state index in [1.54, 1.807) is 0 Å². The maximum absolute atomic E-state index is 10.3. The van der Waals surface area contributed by atoms with E-state index in [9.17, 15) is 5.11 Å². The molecule has 0 atom stereocenters. The molecule has 2 aliphatic rings. The molecule has 4 nitrogen and oxygen atoms in total. The number of rotatable bonds is 6. The fourth-order valence-corrected chi connectivity index (χ4v) is 3.64. The molecule has 24 heavy (non-hydrogen) atoms. The van der Waals surface area contributed by atoms with Crippen LogP contribution in [0, 0.1) is 5.92 Å². The highest BCUT2D eigenvalue weighted by molar-refractivity contribution is 5.58. The van der Waals surface area contributed by atoms with Crippen LogP contribution in [-0.2, 0) is 6.42 Å². The first-order chi connectivity index (χ1) is 11.4. The molecular formula is C20H30N2O2. The molecule has 0 spiro atoms. The van der Waals surface area contributed by atoms with Gasteiger partial charge in [-0.25, -0.2) is 4.98 Å². The second-order valence-electron chi connectivity index (χ2n) is 7.76. The zero-order chi connectivity index (χ0) is 17.3. The Bertz CT molecular complexity index is 606. The number of pyridine rings is 1. The van der Waals surface area contributed by atoms with E-state index in [-0.39, 0.29) is 0 Å². The SMILES string of the molecule is C=C1CCc2cc(OCCC(C)C)cnc2N1[C@H]1C[C@](O)(CC)C1. The predicted octanol–water partition coefficient (Wildman–Crippen LogP) is 4.08. The lowest BCUT2D eigenvalue weighted by Crippen LogP contribution is -2.55. The third kappa shape index (κ3) is 3.44. The van der Waals surface area contributed by atoms with Crippen LogP contribution >= 0.6 is 0 Å². The van der Waals surface area contributed by atoms with Crippen molar-refractivity contribution in [2.24, 2.45) is 5.92 Å². The van der Waals surface area contributed by atoms with Crippen molar-refractivity contribution in [3.05, 3.63) is 30.1 Å². The van der Waals surface area contributed by atoms with E-state index in [4.69, 9.17) is 4.74 Å². The molecule has 1 fully saturated rings. The Kier molecular flexibility index (Phi) is 4.86. The van der Waals surface area contributed by atoms with Gasteiger partial charge in [0.25, 0.3) is 0 Å². The zero-order valence-corrected chi connectivity index (χ0v) is 15.2. The van der Waals surface area contributed by atoms with E-state index < -0.39 is 5.60 Å². The molecule has 1 aliphatic carbocycles. The lowest BCUT2D eigenvalue weighted by Gasteiger charge is -2.50. The van der Waals surface area contributed by atoms with Gasteiger partial charge in [-0.15, -0.1) is 0 Å². The fourth-order valence-electron chi connectivity index (χ4n) is 3.64. The summed E-state index contributed by atoms with van der Waals surface area (Å²) in [5, 5.41) is 10.3. The summed E-state index contributed by atoms with van der Waals surface area (Å²) in [6.07, 6.45) is 7.21. The molecule has 2 heterocycles. The van der Waals surface area contributed by atoms with Crippen LogP contribution < -0.4 is 9.64 Å². The Morgan fingerprint density at radius 3 is 2.83 bits per heavy atom. The van der Waals surface area contributed by atoms with Gasteiger partial charge >= 0.3 is 0 Å². The second kappa shape index (κ2) is 6.75. The summed E-state index contributed by atoms with van der Waals surface area (Å²) >= 11 is 0. The Hall–Kier alpha value is -1.55. The van der Waals surface area contributed by atoms with Gasteiger partial charge in [-0.1, -0.05) is 27.4 Å². The van der Waals surface area contributed by atoms with Gasteiger partial charge in [-0.2, -0.15) is 0 Å². The minimum absolute atomic E-state index is 0.321. The maximum Gasteiger partial charge on any atom is 0.138 e. The number of hydrogen-bond donors (Lipinski definition) is 1. The van der Waals surface area contributed by atoms with Crippen LogP contribution in [-0.4, -0.2) is 28.3 Å². The minimum Gasteiger partial charge on any atom is -0.492 e. The summed E-state index contributed by atoms with van der Waals surface area (Å²) in [5.41, 5.74) is 1.85. The van der Waals surface area contributed by atoms with Crippen LogP contribution in [0.5, 0.6) is 5.75 Å². The number of fused-ring (bicyclic) bond motifs is 1. The minimum atomic E-state index is -0.498. The van der Waals surface area contributed by atoms with Gasteiger partial charge in [0, 0.05) is 11.7 Å². The average molecular weight is 330 g/mol. The number of ether oxygens (including phenoxy) is 1. The molecule has 0 amide bonds. The summed E-state index contributed by atoms with van der Waals surface area (Å²) in [6.45, 7) is 11.4. The molecule has 1 N–H and O–H groups in total. The molecule has 1 saturated carbocycles. The van der Waals surface area contributed by atoms with Crippen LogP contribution in [0.25, 0.3) is 0 Å². The lowest BCUT2D eigenvalue weighted by atomic mass is 9.72. The average Bonchev–Trinajstić information content (AvgIpc) is 2.52. The maximum atomic E-state index is 10.3. The van der Waals surface area contributed by atoms with E-state index in [0.717, 1.165) is 62.4 Å². The quantitative estimate of drug-likeness (QED) is 0.854. The van der Waals surface area contributed by atoms with Gasteiger partial charge in [0.1, 0.15) is 11.6 Å². The highest BCUT2D eigenvalue weighted by Crippen LogP contribution is 2.44. The lowest BCUT2D eigenvalue weighted by molar-refractivity contribution is -0.0500. The molecule has 0 unspecified atom stereocenters. The normalized spacial score (nSPS) is 26.3. The molecule has 0 aromatic carbocycles. The van der Waals surface area contributed by atoms with E-state index >= 15 is 0 Å². The fraction of sp³-hybridized carbons (Fsp3) is 0.650.